The highest BCUT2D eigenvalue weighted by molar-refractivity contribution is 6.34. The number of carbonyl (C=O) groups is 1. The van der Waals surface area contributed by atoms with Gasteiger partial charge >= 0.3 is 0 Å². The van der Waals surface area contributed by atoms with Crippen LogP contribution in [0, 0.1) is 0 Å². The molecule has 17 heavy (non-hydrogen) atoms. The minimum Gasteiger partial charge on any atom is -0.319 e. The molecule has 1 aromatic heterocycles. The highest BCUT2D eigenvalue weighted by Gasteiger charge is 2.39. The van der Waals surface area contributed by atoms with Gasteiger partial charge in [-0.1, -0.05) is 31.4 Å². The smallest absolute Gasteiger partial charge is 0.202 e. The van der Waals surface area contributed by atoms with E-state index in [0.29, 0.717) is 17.3 Å². The number of Topliss-reactive ketones (excluding diaryl/α,β-unsaturated/α-hetero) is 1. The van der Waals surface area contributed by atoms with Gasteiger partial charge in [-0.05, 0) is 19.3 Å². The van der Waals surface area contributed by atoms with Crippen LogP contribution < -0.4 is 5.73 Å². The van der Waals surface area contributed by atoms with Gasteiger partial charge in [-0.15, -0.1) is 0 Å². The molecule has 0 saturated heterocycles. The summed E-state index contributed by atoms with van der Waals surface area (Å²) in [7, 11) is 0. The zero-order valence-corrected chi connectivity index (χ0v) is 10.8. The van der Waals surface area contributed by atoms with Gasteiger partial charge < -0.3 is 5.73 Å². The second-order valence-corrected chi connectivity index (χ2v) is 5.16. The number of carbonyl (C=O) groups excluding carboxylic acids is 1. The largest absolute Gasteiger partial charge is 0.319 e. The SMILES string of the molecule is CCCn1ncc(Cl)c1C(=O)C1(N)CCCC1. The molecule has 1 fully saturated rings. The van der Waals surface area contributed by atoms with Gasteiger partial charge in [-0.3, -0.25) is 9.48 Å². The lowest BCUT2D eigenvalue weighted by Crippen LogP contribution is -2.46. The number of ketones is 1. The molecular formula is C12H18ClN3O. The molecule has 0 aliphatic heterocycles. The molecule has 0 amide bonds. The van der Waals surface area contributed by atoms with Gasteiger partial charge in [0.05, 0.1) is 16.8 Å². The average Bonchev–Trinajstić information content (AvgIpc) is 2.87. The molecule has 0 aromatic carbocycles. The third kappa shape index (κ3) is 2.24. The van der Waals surface area contributed by atoms with Gasteiger partial charge in [0.15, 0.2) is 0 Å². The Labute approximate surface area is 106 Å². The third-order valence-corrected chi connectivity index (χ3v) is 3.67. The van der Waals surface area contributed by atoms with Crippen molar-refractivity contribution < 1.29 is 4.79 Å². The summed E-state index contributed by atoms with van der Waals surface area (Å²) in [6.45, 7) is 2.74. The number of aromatic nitrogens is 2. The molecule has 1 aliphatic carbocycles. The predicted molar refractivity (Wildman–Crippen MR) is 67.2 cm³/mol. The Balaban J connectivity index is 2.32. The van der Waals surface area contributed by atoms with Crippen molar-refractivity contribution in [3.8, 4) is 0 Å². The van der Waals surface area contributed by atoms with Crippen LogP contribution in [0.4, 0.5) is 0 Å². The van der Waals surface area contributed by atoms with E-state index in [2.05, 4.69) is 5.10 Å². The van der Waals surface area contributed by atoms with Gasteiger partial charge in [0.2, 0.25) is 5.78 Å². The Morgan fingerprint density at radius 3 is 2.82 bits per heavy atom. The van der Waals surface area contributed by atoms with E-state index in [1.807, 2.05) is 6.92 Å². The van der Waals surface area contributed by atoms with E-state index in [4.69, 9.17) is 17.3 Å². The molecule has 2 N–H and O–H groups in total. The number of nitrogens with zero attached hydrogens (tertiary/aromatic N) is 2. The van der Waals surface area contributed by atoms with Gasteiger partial charge in [0, 0.05) is 6.54 Å². The number of rotatable bonds is 4. The Kier molecular flexibility index (Phi) is 3.54. The molecule has 0 unspecified atom stereocenters. The Hall–Kier alpha value is -0.870. The first-order chi connectivity index (χ1) is 8.08. The van der Waals surface area contributed by atoms with E-state index < -0.39 is 5.54 Å². The first kappa shape index (κ1) is 12.6. The maximum atomic E-state index is 12.5. The fourth-order valence-corrected chi connectivity index (χ4v) is 2.67. The summed E-state index contributed by atoms with van der Waals surface area (Å²) in [5.41, 5.74) is 5.94. The van der Waals surface area contributed by atoms with E-state index in [1.54, 1.807) is 4.68 Å². The first-order valence-corrected chi connectivity index (χ1v) is 6.51. The summed E-state index contributed by atoms with van der Waals surface area (Å²) in [5, 5.41) is 4.55. The molecule has 0 bridgehead atoms. The normalized spacial score (nSPS) is 18.5. The zero-order valence-electron chi connectivity index (χ0n) is 10.1. The lowest BCUT2D eigenvalue weighted by Gasteiger charge is -2.22. The quantitative estimate of drug-likeness (QED) is 0.841. The molecule has 1 aromatic rings. The van der Waals surface area contributed by atoms with Crippen molar-refractivity contribution in [2.24, 2.45) is 5.73 Å². The molecule has 1 saturated carbocycles. The summed E-state index contributed by atoms with van der Waals surface area (Å²) in [4.78, 5) is 12.5. The summed E-state index contributed by atoms with van der Waals surface area (Å²) in [5.74, 6) is -0.0500. The average molecular weight is 256 g/mol. The number of nitrogens with two attached hydrogens (primary N) is 1. The minimum atomic E-state index is -0.727. The summed E-state index contributed by atoms with van der Waals surface area (Å²) in [6.07, 6.45) is 5.97. The van der Waals surface area contributed by atoms with Crippen LogP contribution in [-0.2, 0) is 6.54 Å². The zero-order chi connectivity index (χ0) is 12.5. The lowest BCUT2D eigenvalue weighted by atomic mass is 9.91. The van der Waals surface area contributed by atoms with Crippen LogP contribution in [0.3, 0.4) is 0 Å². The van der Waals surface area contributed by atoms with Crippen molar-refractivity contribution in [1.82, 2.24) is 9.78 Å². The Morgan fingerprint density at radius 1 is 1.59 bits per heavy atom. The monoisotopic (exact) mass is 255 g/mol. The number of aryl methyl sites for hydroxylation is 1. The summed E-state index contributed by atoms with van der Waals surface area (Å²) in [6, 6.07) is 0. The molecule has 0 spiro atoms. The van der Waals surface area contributed by atoms with E-state index in [0.717, 1.165) is 32.1 Å². The maximum absolute atomic E-state index is 12.5. The van der Waals surface area contributed by atoms with E-state index >= 15 is 0 Å². The van der Waals surface area contributed by atoms with Gasteiger partial charge in [0.1, 0.15) is 5.69 Å². The van der Waals surface area contributed by atoms with Crippen molar-refractivity contribution >= 4 is 17.4 Å². The van der Waals surface area contributed by atoms with Crippen molar-refractivity contribution in [3.05, 3.63) is 16.9 Å². The molecule has 0 atom stereocenters. The molecule has 4 nitrogen and oxygen atoms in total. The van der Waals surface area contributed by atoms with Crippen LogP contribution >= 0.6 is 11.6 Å². The second kappa shape index (κ2) is 4.78. The van der Waals surface area contributed by atoms with Crippen LogP contribution in [0.25, 0.3) is 0 Å². The van der Waals surface area contributed by atoms with Crippen LogP contribution in [0.5, 0.6) is 0 Å². The summed E-state index contributed by atoms with van der Waals surface area (Å²) < 4.78 is 1.68. The molecular weight excluding hydrogens is 238 g/mol. The Morgan fingerprint density at radius 2 is 2.24 bits per heavy atom. The number of hydrogen-bond acceptors (Lipinski definition) is 3. The molecule has 1 aliphatic rings. The van der Waals surface area contributed by atoms with Gasteiger partial charge in [-0.2, -0.15) is 5.10 Å². The molecule has 2 rings (SSSR count). The second-order valence-electron chi connectivity index (χ2n) is 4.76. The van der Waals surface area contributed by atoms with Crippen LogP contribution in [-0.4, -0.2) is 21.1 Å². The van der Waals surface area contributed by atoms with Crippen LogP contribution in [0.2, 0.25) is 5.02 Å². The van der Waals surface area contributed by atoms with Gasteiger partial charge in [-0.25, -0.2) is 0 Å². The molecule has 5 heteroatoms. The van der Waals surface area contributed by atoms with E-state index in [9.17, 15) is 4.79 Å². The van der Waals surface area contributed by atoms with Crippen molar-refractivity contribution in [2.75, 3.05) is 0 Å². The topological polar surface area (TPSA) is 60.9 Å². The van der Waals surface area contributed by atoms with Gasteiger partial charge in [0.25, 0.3) is 0 Å². The highest BCUT2D eigenvalue weighted by atomic mass is 35.5. The number of halogens is 1. The minimum absolute atomic E-state index is 0.0500. The van der Waals surface area contributed by atoms with Crippen LogP contribution in [0.1, 0.15) is 49.5 Å². The fourth-order valence-electron chi connectivity index (χ4n) is 2.44. The first-order valence-electron chi connectivity index (χ1n) is 6.13. The van der Waals surface area contributed by atoms with Crippen molar-refractivity contribution in [2.45, 2.75) is 51.1 Å². The number of hydrogen-bond donors (Lipinski definition) is 1. The lowest BCUT2D eigenvalue weighted by molar-refractivity contribution is 0.0880. The van der Waals surface area contributed by atoms with Crippen molar-refractivity contribution in [3.63, 3.8) is 0 Å². The maximum Gasteiger partial charge on any atom is 0.202 e. The fraction of sp³-hybridized carbons (Fsp3) is 0.667. The highest BCUT2D eigenvalue weighted by Crippen LogP contribution is 2.32. The molecule has 1 heterocycles. The van der Waals surface area contributed by atoms with Crippen molar-refractivity contribution in [1.29, 1.82) is 0 Å². The van der Waals surface area contributed by atoms with E-state index in [1.165, 1.54) is 6.20 Å². The third-order valence-electron chi connectivity index (χ3n) is 3.39. The Bertz CT molecular complexity index is 421. The van der Waals surface area contributed by atoms with E-state index in [-0.39, 0.29) is 5.78 Å². The standard InChI is InChI=1S/C12H18ClN3O/c1-2-7-16-10(9(13)8-15-16)11(17)12(14)5-3-4-6-12/h8H,2-7,14H2,1H3. The predicted octanol–water partition coefficient (Wildman–Crippen LogP) is 2.40. The molecule has 94 valence electrons. The molecule has 0 radical (unpaired) electrons. The van der Waals surface area contributed by atoms with Crippen LogP contribution in [0.15, 0.2) is 6.20 Å². The summed E-state index contributed by atoms with van der Waals surface area (Å²) >= 11 is 6.06.